The Balaban J connectivity index is 1.52. The molecular formula is C28H39ClO3. The Morgan fingerprint density at radius 3 is 2.47 bits per heavy atom. The highest BCUT2D eigenvalue weighted by Gasteiger charge is 2.09. The van der Waals surface area contributed by atoms with Gasteiger partial charge in [0, 0.05) is 23.1 Å². The van der Waals surface area contributed by atoms with E-state index in [1.165, 1.54) is 63.3 Å². The summed E-state index contributed by atoms with van der Waals surface area (Å²) in [4.78, 5) is 12.1. The summed E-state index contributed by atoms with van der Waals surface area (Å²) >= 11 is 5.77. The standard InChI is InChI=1S/C28H39ClO3/c1-2-3-4-5-6-7-8-9-10-11-12-13-14-15-28(30)32-22-24-17-19-27-26(20-24)18-16-25(21-29)23-31-27/h7-8,16-21H,2-6,9-15,22-23H2,1H3/b8-7-,25-21+. The molecule has 1 aliphatic rings. The van der Waals surface area contributed by atoms with E-state index in [2.05, 4.69) is 19.1 Å². The van der Waals surface area contributed by atoms with E-state index in [4.69, 9.17) is 21.1 Å². The van der Waals surface area contributed by atoms with Gasteiger partial charge < -0.3 is 9.47 Å². The molecule has 0 unspecified atom stereocenters. The van der Waals surface area contributed by atoms with Crippen LogP contribution in [0.15, 0.2) is 47.5 Å². The molecule has 32 heavy (non-hydrogen) atoms. The van der Waals surface area contributed by atoms with Crippen LogP contribution < -0.4 is 4.74 Å². The van der Waals surface area contributed by atoms with Gasteiger partial charge in [-0.25, -0.2) is 0 Å². The first kappa shape index (κ1) is 26.3. The molecule has 1 aromatic carbocycles. The van der Waals surface area contributed by atoms with Crippen molar-refractivity contribution in [2.24, 2.45) is 0 Å². The van der Waals surface area contributed by atoms with Crippen LogP contribution in [0.4, 0.5) is 0 Å². The number of esters is 1. The normalized spacial score (nSPS) is 14.4. The van der Waals surface area contributed by atoms with E-state index in [0.717, 1.165) is 35.3 Å². The smallest absolute Gasteiger partial charge is 0.306 e. The zero-order valence-electron chi connectivity index (χ0n) is 19.6. The number of carbonyl (C=O) groups is 1. The third-order valence-corrected chi connectivity index (χ3v) is 5.91. The van der Waals surface area contributed by atoms with Crippen LogP contribution in [0.5, 0.6) is 5.75 Å². The molecule has 1 aromatic rings. The van der Waals surface area contributed by atoms with Crippen molar-refractivity contribution in [1.82, 2.24) is 0 Å². The Morgan fingerprint density at radius 2 is 1.72 bits per heavy atom. The van der Waals surface area contributed by atoms with Crippen LogP contribution in [0.3, 0.4) is 0 Å². The number of carbonyl (C=O) groups excluding carboxylic acids is 1. The molecule has 1 aliphatic heterocycles. The van der Waals surface area contributed by atoms with Crippen molar-refractivity contribution in [3.8, 4) is 5.75 Å². The Morgan fingerprint density at radius 1 is 1.00 bits per heavy atom. The number of unbranched alkanes of at least 4 members (excludes halogenated alkanes) is 9. The fourth-order valence-electron chi connectivity index (χ4n) is 3.65. The van der Waals surface area contributed by atoms with E-state index in [1.54, 1.807) is 0 Å². The van der Waals surface area contributed by atoms with E-state index in [9.17, 15) is 4.79 Å². The number of fused-ring (bicyclic) bond motifs is 1. The molecule has 0 radical (unpaired) electrons. The minimum atomic E-state index is -0.120. The molecule has 0 atom stereocenters. The van der Waals surface area contributed by atoms with Crippen LogP contribution in [0, 0.1) is 0 Å². The Kier molecular flexibility index (Phi) is 13.6. The molecule has 0 saturated heterocycles. The van der Waals surface area contributed by atoms with Gasteiger partial charge in [-0.3, -0.25) is 4.79 Å². The molecule has 0 spiro atoms. The van der Waals surface area contributed by atoms with Crippen molar-refractivity contribution in [3.63, 3.8) is 0 Å². The second-order valence-corrected chi connectivity index (χ2v) is 8.68. The first-order chi connectivity index (χ1) is 15.7. The van der Waals surface area contributed by atoms with Gasteiger partial charge in [-0.15, -0.1) is 0 Å². The molecule has 0 saturated carbocycles. The molecule has 2 rings (SSSR count). The molecule has 3 nitrogen and oxygen atoms in total. The van der Waals surface area contributed by atoms with Crippen molar-refractivity contribution in [2.45, 2.75) is 90.6 Å². The maximum atomic E-state index is 12.1. The lowest BCUT2D eigenvalue weighted by atomic mass is 10.1. The molecule has 0 amide bonds. The number of hydrogen-bond acceptors (Lipinski definition) is 3. The predicted octanol–water partition coefficient (Wildman–Crippen LogP) is 8.52. The van der Waals surface area contributed by atoms with E-state index in [-0.39, 0.29) is 5.97 Å². The van der Waals surface area contributed by atoms with Gasteiger partial charge in [-0.1, -0.05) is 87.4 Å². The largest absolute Gasteiger partial charge is 0.488 e. The number of hydrogen-bond donors (Lipinski definition) is 0. The lowest BCUT2D eigenvalue weighted by Crippen LogP contribution is -2.05. The zero-order valence-corrected chi connectivity index (χ0v) is 20.4. The van der Waals surface area contributed by atoms with Gasteiger partial charge >= 0.3 is 5.97 Å². The summed E-state index contributed by atoms with van der Waals surface area (Å²) in [6.07, 6.45) is 22.5. The summed E-state index contributed by atoms with van der Waals surface area (Å²) in [6, 6.07) is 5.85. The average Bonchev–Trinajstić information content (AvgIpc) is 3.02. The van der Waals surface area contributed by atoms with Crippen molar-refractivity contribution < 1.29 is 14.3 Å². The van der Waals surface area contributed by atoms with Crippen LogP contribution in [0.2, 0.25) is 0 Å². The van der Waals surface area contributed by atoms with Gasteiger partial charge in [0.2, 0.25) is 0 Å². The summed E-state index contributed by atoms with van der Waals surface area (Å²) < 4.78 is 11.2. The molecule has 0 aliphatic carbocycles. The number of halogens is 1. The maximum Gasteiger partial charge on any atom is 0.306 e. The highest BCUT2D eigenvalue weighted by molar-refractivity contribution is 6.25. The molecule has 4 heteroatoms. The SMILES string of the molecule is CCCCCC/C=C\CCCCCCCC(=O)OCc1ccc2c(c1)C=C/C(=C\Cl)CO2. The predicted molar refractivity (Wildman–Crippen MR) is 135 cm³/mol. The van der Waals surface area contributed by atoms with Gasteiger partial charge in [0.15, 0.2) is 0 Å². The van der Waals surface area contributed by atoms with Crippen LogP contribution in [-0.2, 0) is 16.1 Å². The Labute approximate surface area is 199 Å². The molecular weight excluding hydrogens is 420 g/mol. The van der Waals surface area contributed by atoms with Crippen molar-refractivity contribution in [2.75, 3.05) is 6.61 Å². The molecule has 176 valence electrons. The van der Waals surface area contributed by atoms with Crippen LogP contribution in [0.25, 0.3) is 6.08 Å². The van der Waals surface area contributed by atoms with Gasteiger partial charge in [0.05, 0.1) is 0 Å². The van der Waals surface area contributed by atoms with Crippen LogP contribution in [0.1, 0.15) is 95.1 Å². The number of allylic oxidation sites excluding steroid dienone is 2. The highest BCUT2D eigenvalue weighted by atomic mass is 35.5. The first-order valence-electron chi connectivity index (χ1n) is 12.3. The molecule has 0 aromatic heterocycles. The summed E-state index contributed by atoms with van der Waals surface area (Å²) in [5.74, 6) is 0.692. The van der Waals surface area contributed by atoms with E-state index in [1.807, 2.05) is 30.4 Å². The molecule has 0 bridgehead atoms. The fourth-order valence-corrected chi connectivity index (χ4v) is 3.78. The average molecular weight is 459 g/mol. The van der Waals surface area contributed by atoms with E-state index >= 15 is 0 Å². The summed E-state index contributed by atoms with van der Waals surface area (Å²) in [7, 11) is 0. The number of ether oxygens (including phenoxy) is 2. The molecule has 0 N–H and O–H groups in total. The minimum Gasteiger partial charge on any atom is -0.488 e. The maximum absolute atomic E-state index is 12.1. The van der Waals surface area contributed by atoms with Gasteiger partial charge in [0.25, 0.3) is 0 Å². The third-order valence-electron chi connectivity index (χ3n) is 5.63. The summed E-state index contributed by atoms with van der Waals surface area (Å²) in [6.45, 7) is 3.00. The van der Waals surface area contributed by atoms with Gasteiger partial charge in [-0.2, -0.15) is 0 Å². The van der Waals surface area contributed by atoms with Crippen molar-refractivity contribution >= 4 is 23.6 Å². The first-order valence-corrected chi connectivity index (χ1v) is 12.7. The van der Waals surface area contributed by atoms with Crippen LogP contribution in [-0.4, -0.2) is 12.6 Å². The summed E-state index contributed by atoms with van der Waals surface area (Å²) in [5, 5.41) is 0. The number of rotatable bonds is 15. The Bertz CT molecular complexity index is 764. The second kappa shape index (κ2) is 16.6. The summed E-state index contributed by atoms with van der Waals surface area (Å²) in [5.41, 5.74) is 4.38. The van der Waals surface area contributed by atoms with E-state index < -0.39 is 0 Å². The highest BCUT2D eigenvalue weighted by Crippen LogP contribution is 2.26. The second-order valence-electron chi connectivity index (χ2n) is 8.47. The van der Waals surface area contributed by atoms with Crippen molar-refractivity contribution in [3.05, 3.63) is 58.7 Å². The monoisotopic (exact) mass is 458 g/mol. The number of benzene rings is 1. The lowest BCUT2D eigenvalue weighted by Gasteiger charge is -2.09. The minimum absolute atomic E-state index is 0.120. The third kappa shape index (κ3) is 11.0. The zero-order chi connectivity index (χ0) is 22.9. The van der Waals surface area contributed by atoms with Gasteiger partial charge in [-0.05, 0) is 49.8 Å². The molecule has 0 fully saturated rings. The van der Waals surface area contributed by atoms with Crippen molar-refractivity contribution in [1.29, 1.82) is 0 Å². The quantitative estimate of drug-likeness (QED) is 0.150. The fraction of sp³-hybridized carbons (Fsp3) is 0.536. The lowest BCUT2D eigenvalue weighted by molar-refractivity contribution is -0.145. The molecule has 1 heterocycles. The Hall–Kier alpha value is -2.00. The van der Waals surface area contributed by atoms with E-state index in [0.29, 0.717) is 19.6 Å². The van der Waals surface area contributed by atoms with Crippen LogP contribution >= 0.6 is 11.6 Å². The topological polar surface area (TPSA) is 35.5 Å². The van der Waals surface area contributed by atoms with Gasteiger partial charge in [0.1, 0.15) is 19.0 Å².